The van der Waals surface area contributed by atoms with Gasteiger partial charge in [-0.1, -0.05) is 0 Å². The highest BCUT2D eigenvalue weighted by Crippen LogP contribution is 1.54. The van der Waals surface area contributed by atoms with Crippen LogP contribution in [-0.4, -0.2) is 18.7 Å². The summed E-state index contributed by atoms with van der Waals surface area (Å²) in [7, 11) is 0.190. The average Bonchev–Trinajstić information content (AvgIpc) is 1.76. The molecule has 1 aromatic heterocycles. The molecule has 0 radical (unpaired) electrons. The second kappa shape index (κ2) is 1.12. The average molecular weight is 84.2 g/mol. The first-order chi connectivity index (χ1) is 2.50. The van der Waals surface area contributed by atoms with Crippen LogP contribution in [0.15, 0.2) is 12.4 Å². The van der Waals surface area contributed by atoms with Gasteiger partial charge in [0, 0.05) is 12.4 Å². The first kappa shape index (κ1) is 2.78. The van der Waals surface area contributed by atoms with Crippen LogP contribution in [0.4, 0.5) is 0 Å². The van der Waals surface area contributed by atoms with E-state index in [2.05, 4.69) is 9.28 Å². The molecular formula is C2H4N2Si. The highest BCUT2D eigenvalue weighted by Gasteiger charge is 1.57. The number of H-pyrrole nitrogens is 1. The molecule has 0 saturated carbocycles. The van der Waals surface area contributed by atoms with Crippen molar-refractivity contribution in [2.75, 3.05) is 0 Å². The standard InChI is InChI=1S/C2H4N2Si/c1-2-4-5-3-1/h1-3,5H. The highest BCUT2D eigenvalue weighted by atomic mass is 28.2. The molecule has 0 spiro atoms. The van der Waals surface area contributed by atoms with Crippen molar-refractivity contribution in [2.45, 2.75) is 0 Å². The number of nitrogens with one attached hydrogen (secondary N) is 1. The summed E-state index contributed by atoms with van der Waals surface area (Å²) in [5.74, 6) is 0. The molecule has 1 N–H and O–H groups in total. The third kappa shape index (κ3) is 0.415. The number of rotatable bonds is 0. The molecule has 0 aliphatic heterocycles. The number of nitrogens with zero attached hydrogens (tertiary/aromatic N) is 1. The predicted octanol–water partition coefficient (Wildman–Crippen LogP) is -0.520. The Morgan fingerprint density at radius 2 is 2.80 bits per heavy atom. The second-order valence-corrected chi connectivity index (χ2v) is 1.65. The minimum absolute atomic E-state index is 0.190. The van der Waals surface area contributed by atoms with Gasteiger partial charge in [0.1, 0.15) is 0 Å². The van der Waals surface area contributed by atoms with E-state index in [1.54, 1.807) is 6.20 Å². The molecule has 0 aliphatic rings. The first-order valence-corrected chi connectivity index (χ1v) is 2.52. The van der Waals surface area contributed by atoms with Crippen LogP contribution in [0.2, 0.25) is 0 Å². The second-order valence-electron chi connectivity index (χ2n) is 0.761. The molecule has 2 nitrogen and oxygen atoms in total. The van der Waals surface area contributed by atoms with E-state index >= 15 is 0 Å². The van der Waals surface area contributed by atoms with E-state index in [1.807, 2.05) is 6.20 Å². The molecular weight excluding hydrogens is 80.1 g/mol. The fourth-order valence-electron chi connectivity index (χ4n) is 0.215. The molecule has 1 aromatic rings. The highest BCUT2D eigenvalue weighted by molar-refractivity contribution is 6.13. The molecule has 0 fully saturated rings. The largest absolute Gasteiger partial charge is 0.384 e. The van der Waals surface area contributed by atoms with Crippen LogP contribution in [0.3, 0.4) is 0 Å². The third-order valence-electron chi connectivity index (χ3n) is 0.406. The first-order valence-electron chi connectivity index (χ1n) is 1.43. The lowest BCUT2D eigenvalue weighted by molar-refractivity contribution is 1.53. The number of hydrogen-bond donors (Lipinski definition) is 1. The molecule has 0 aromatic carbocycles. The molecule has 1 heterocycles. The fourth-order valence-corrected chi connectivity index (χ4v) is 0.645. The Labute approximate surface area is 32.2 Å². The van der Waals surface area contributed by atoms with Crippen molar-refractivity contribution in [1.29, 1.82) is 0 Å². The van der Waals surface area contributed by atoms with Crippen molar-refractivity contribution >= 4 is 9.46 Å². The molecule has 0 amide bonds. The van der Waals surface area contributed by atoms with Gasteiger partial charge in [0.25, 0.3) is 0 Å². The Morgan fingerprint density at radius 1 is 1.80 bits per heavy atom. The van der Waals surface area contributed by atoms with E-state index in [0.29, 0.717) is 0 Å². The predicted molar refractivity (Wildman–Crippen MR) is 21.3 cm³/mol. The van der Waals surface area contributed by atoms with Gasteiger partial charge >= 0.3 is 0 Å². The molecule has 0 saturated heterocycles. The summed E-state index contributed by atoms with van der Waals surface area (Å²) in [6, 6.07) is 0. The summed E-state index contributed by atoms with van der Waals surface area (Å²) in [6.07, 6.45) is 3.64. The monoisotopic (exact) mass is 84.0 g/mol. The zero-order chi connectivity index (χ0) is 3.54. The van der Waals surface area contributed by atoms with Crippen molar-refractivity contribution in [2.24, 2.45) is 0 Å². The lowest BCUT2D eigenvalue weighted by Gasteiger charge is -1.45. The molecule has 0 bridgehead atoms. The van der Waals surface area contributed by atoms with Crippen LogP contribution in [-0.2, 0) is 0 Å². The lowest BCUT2D eigenvalue weighted by atomic mass is 11.0. The molecule has 1 rings (SSSR count). The Morgan fingerprint density at radius 3 is 3.00 bits per heavy atom. The fraction of sp³-hybridized carbons (Fsp3) is 0. The van der Waals surface area contributed by atoms with Crippen molar-refractivity contribution in [1.82, 2.24) is 9.28 Å². The van der Waals surface area contributed by atoms with Crippen molar-refractivity contribution in [3.05, 3.63) is 12.4 Å². The van der Waals surface area contributed by atoms with Crippen molar-refractivity contribution in [3.63, 3.8) is 0 Å². The van der Waals surface area contributed by atoms with Gasteiger partial charge in [-0.15, -0.1) is 0 Å². The molecule has 26 valence electrons. The van der Waals surface area contributed by atoms with E-state index in [0.717, 1.165) is 0 Å². The summed E-state index contributed by atoms with van der Waals surface area (Å²) < 4.78 is 6.83. The number of hydrogen-bond acceptors (Lipinski definition) is 1. The number of aromatic nitrogens is 2. The Bertz CT molecular complexity index is 64.1. The Hall–Kier alpha value is -0.443. The van der Waals surface area contributed by atoms with E-state index in [4.69, 9.17) is 0 Å². The van der Waals surface area contributed by atoms with E-state index < -0.39 is 0 Å². The maximum absolute atomic E-state index is 3.88. The van der Waals surface area contributed by atoms with Crippen LogP contribution in [0.1, 0.15) is 0 Å². The van der Waals surface area contributed by atoms with Crippen LogP contribution in [0, 0.1) is 0 Å². The van der Waals surface area contributed by atoms with Crippen molar-refractivity contribution < 1.29 is 0 Å². The Balaban J connectivity index is 3.13. The quantitative estimate of drug-likeness (QED) is 0.421. The van der Waals surface area contributed by atoms with Gasteiger partial charge < -0.3 is 4.64 Å². The van der Waals surface area contributed by atoms with Gasteiger partial charge in [-0.25, -0.2) is 0 Å². The van der Waals surface area contributed by atoms with Gasteiger partial charge in [-0.2, -0.15) is 0 Å². The summed E-state index contributed by atoms with van der Waals surface area (Å²) >= 11 is 0. The molecule has 0 atom stereocenters. The van der Waals surface area contributed by atoms with E-state index in [1.165, 1.54) is 0 Å². The summed E-state index contributed by atoms with van der Waals surface area (Å²) in [5, 5.41) is 0. The smallest absolute Gasteiger partial charge is 0.228 e. The molecule has 0 unspecified atom stereocenters. The van der Waals surface area contributed by atoms with Gasteiger partial charge in [-0.05, 0) is 0 Å². The lowest BCUT2D eigenvalue weighted by Crippen LogP contribution is -1.64. The summed E-state index contributed by atoms with van der Waals surface area (Å²) in [4.78, 5) is 0. The van der Waals surface area contributed by atoms with Crippen LogP contribution in [0.5, 0.6) is 0 Å². The SMILES string of the molecule is c1c[nH][siH]n1. The minimum Gasteiger partial charge on any atom is -0.384 e. The number of aromatic amines is 1. The van der Waals surface area contributed by atoms with E-state index in [-0.39, 0.29) is 9.46 Å². The summed E-state index contributed by atoms with van der Waals surface area (Å²) in [6.45, 7) is 0. The molecule has 3 heteroatoms. The van der Waals surface area contributed by atoms with Crippen molar-refractivity contribution in [3.8, 4) is 0 Å². The minimum atomic E-state index is 0.190. The zero-order valence-electron chi connectivity index (χ0n) is 2.68. The van der Waals surface area contributed by atoms with Gasteiger partial charge in [0.2, 0.25) is 9.46 Å². The van der Waals surface area contributed by atoms with E-state index in [9.17, 15) is 0 Å². The molecule has 5 heavy (non-hydrogen) atoms. The Kier molecular flexibility index (Phi) is 0.622. The molecule has 0 aliphatic carbocycles. The third-order valence-corrected chi connectivity index (χ3v) is 1.07. The van der Waals surface area contributed by atoms with Gasteiger partial charge in [0.05, 0.1) is 0 Å². The summed E-state index contributed by atoms with van der Waals surface area (Å²) in [5.41, 5.74) is 0. The van der Waals surface area contributed by atoms with Crippen LogP contribution >= 0.6 is 0 Å². The van der Waals surface area contributed by atoms with Gasteiger partial charge in [-0.3, -0.25) is 4.64 Å². The van der Waals surface area contributed by atoms with Crippen LogP contribution < -0.4 is 0 Å². The van der Waals surface area contributed by atoms with Gasteiger partial charge in [0.15, 0.2) is 0 Å². The zero-order valence-corrected chi connectivity index (χ0v) is 3.83. The van der Waals surface area contributed by atoms with Crippen LogP contribution in [0.25, 0.3) is 0 Å². The normalized spacial score (nSPS) is 8.00. The topological polar surface area (TPSA) is 28.7 Å². The maximum Gasteiger partial charge on any atom is 0.228 e. The maximum atomic E-state index is 3.88.